The van der Waals surface area contributed by atoms with Crippen molar-refractivity contribution >= 4 is 47.5 Å². The van der Waals surface area contributed by atoms with Gasteiger partial charge in [0.2, 0.25) is 0 Å². The van der Waals surface area contributed by atoms with E-state index in [4.69, 9.17) is 23.7 Å². The van der Waals surface area contributed by atoms with Crippen molar-refractivity contribution in [2.24, 2.45) is 10.2 Å². The normalized spacial score (nSPS) is 11.6. The summed E-state index contributed by atoms with van der Waals surface area (Å²) >= 11 is 0. The number of unbranched alkanes of at least 4 members (excludes halogenated alkanes) is 2. The number of carbonyl (C=O) groups excluding carboxylic acids is 4. The number of ether oxygens (including phenoxy) is 5. The average Bonchev–Trinajstić information content (AvgIpc) is 3.26. The molecule has 306 valence electrons. The van der Waals surface area contributed by atoms with E-state index in [2.05, 4.69) is 16.8 Å². The lowest BCUT2D eigenvalue weighted by atomic mass is 10.1. The third-order valence-electron chi connectivity index (χ3n) is 8.54. The van der Waals surface area contributed by atoms with Gasteiger partial charge in [0.1, 0.15) is 23.0 Å². The van der Waals surface area contributed by atoms with Crippen LogP contribution in [-0.4, -0.2) is 48.5 Å². The molecule has 0 atom stereocenters. The summed E-state index contributed by atoms with van der Waals surface area (Å²) in [7, 11) is 0. The van der Waals surface area contributed by atoms with Crippen molar-refractivity contribution in [1.29, 1.82) is 0 Å². The van der Waals surface area contributed by atoms with Gasteiger partial charge in [0.25, 0.3) is 0 Å². The topological polar surface area (TPSA) is 139 Å². The first-order valence-electron chi connectivity index (χ1n) is 19.7. The zero-order chi connectivity index (χ0) is 42.2. The molecule has 0 heterocycles. The van der Waals surface area contributed by atoms with E-state index in [0.717, 1.165) is 59.0 Å². The highest BCUT2D eigenvalue weighted by atomic mass is 16.5. The SMILES string of the molecule is C=CC(=O)OCCCCOc1ccc(/C=C/C(=O)Oc2ccc(/C(CC)=N/N=C(\CC)c3ccc(OC(=O)/C=C/c4ccc(OC(=O)CCCC)cc4)cc3)cc2)cc1. The molecule has 0 spiro atoms. The molecule has 11 heteroatoms. The van der Waals surface area contributed by atoms with Crippen LogP contribution in [0.1, 0.15) is 88.0 Å². The second-order valence-electron chi connectivity index (χ2n) is 13.0. The van der Waals surface area contributed by atoms with Crippen LogP contribution in [0.25, 0.3) is 12.2 Å². The van der Waals surface area contributed by atoms with Gasteiger partial charge in [-0.15, -0.1) is 0 Å². The monoisotopic (exact) mass is 798 g/mol. The van der Waals surface area contributed by atoms with Crippen LogP contribution in [0.4, 0.5) is 0 Å². The van der Waals surface area contributed by atoms with Gasteiger partial charge < -0.3 is 23.7 Å². The van der Waals surface area contributed by atoms with Crippen LogP contribution in [-0.2, 0) is 23.9 Å². The molecule has 0 bridgehead atoms. The van der Waals surface area contributed by atoms with Crippen molar-refractivity contribution in [2.75, 3.05) is 13.2 Å². The van der Waals surface area contributed by atoms with Crippen molar-refractivity contribution in [2.45, 2.75) is 65.7 Å². The van der Waals surface area contributed by atoms with E-state index in [-0.39, 0.29) is 5.97 Å². The Morgan fingerprint density at radius 3 is 1.44 bits per heavy atom. The molecule has 59 heavy (non-hydrogen) atoms. The summed E-state index contributed by atoms with van der Waals surface area (Å²) < 4.78 is 26.9. The van der Waals surface area contributed by atoms with E-state index >= 15 is 0 Å². The van der Waals surface area contributed by atoms with Crippen LogP contribution < -0.4 is 18.9 Å². The maximum atomic E-state index is 12.5. The first-order chi connectivity index (χ1) is 28.7. The number of carbonyl (C=O) groups is 4. The number of benzene rings is 4. The van der Waals surface area contributed by atoms with Crippen molar-refractivity contribution < 1.29 is 42.9 Å². The molecule has 0 amide bonds. The van der Waals surface area contributed by atoms with Crippen LogP contribution in [0, 0.1) is 0 Å². The Morgan fingerprint density at radius 1 is 0.542 bits per heavy atom. The van der Waals surface area contributed by atoms with Gasteiger partial charge in [0.05, 0.1) is 24.6 Å². The first kappa shape index (κ1) is 44.8. The molecular weight excluding hydrogens is 749 g/mol. The van der Waals surface area contributed by atoms with E-state index in [1.165, 1.54) is 12.2 Å². The maximum Gasteiger partial charge on any atom is 0.336 e. The van der Waals surface area contributed by atoms with E-state index in [9.17, 15) is 19.2 Å². The van der Waals surface area contributed by atoms with E-state index in [1.807, 2.05) is 69.3 Å². The summed E-state index contributed by atoms with van der Waals surface area (Å²) in [5.74, 6) is 0.196. The minimum atomic E-state index is -0.531. The molecule has 4 rings (SSSR count). The standard InChI is InChI=1S/C48H50N2O9/c1-5-9-12-46(52)57-40-25-15-36(16-26-40)18-32-48(54)59-42-29-21-38(22-30-42)44(7-3)50-49-43(6-2)37-19-27-41(28-20-37)58-47(53)31-17-35-13-23-39(24-14-35)55-33-10-11-34-56-45(51)8-4/h8,13-32H,4-7,9-12,33-34H2,1-3H3/b31-17+,32-18+,49-43+,50-44+. The summed E-state index contributed by atoms with van der Waals surface area (Å²) in [6.07, 6.45) is 11.9. The Hall–Kier alpha value is -6.88. The third kappa shape index (κ3) is 16.3. The van der Waals surface area contributed by atoms with Crippen molar-refractivity contribution in [3.63, 3.8) is 0 Å². The predicted molar refractivity (Wildman–Crippen MR) is 230 cm³/mol. The van der Waals surface area contributed by atoms with Crippen LogP contribution in [0.2, 0.25) is 0 Å². The van der Waals surface area contributed by atoms with E-state index in [1.54, 1.807) is 60.7 Å². The lowest BCUT2D eigenvalue weighted by Crippen LogP contribution is -2.07. The second kappa shape index (κ2) is 24.7. The lowest BCUT2D eigenvalue weighted by Gasteiger charge is -2.07. The largest absolute Gasteiger partial charge is 0.494 e. The molecular formula is C48H50N2O9. The molecule has 4 aromatic carbocycles. The molecule has 0 saturated carbocycles. The molecule has 0 unspecified atom stereocenters. The Bertz CT molecular complexity index is 2120. The second-order valence-corrected chi connectivity index (χ2v) is 13.0. The van der Waals surface area contributed by atoms with Crippen LogP contribution in [0.3, 0.4) is 0 Å². The fraction of sp³-hybridized carbons (Fsp3) is 0.250. The molecule has 0 aliphatic carbocycles. The lowest BCUT2D eigenvalue weighted by molar-refractivity contribution is -0.138. The van der Waals surface area contributed by atoms with E-state index in [0.29, 0.717) is 61.9 Å². The van der Waals surface area contributed by atoms with Gasteiger partial charge in [-0.3, -0.25) is 4.79 Å². The van der Waals surface area contributed by atoms with Crippen molar-refractivity contribution in [1.82, 2.24) is 0 Å². The summed E-state index contributed by atoms with van der Waals surface area (Å²) in [5.41, 5.74) is 4.77. The molecule has 0 aliphatic rings. The van der Waals surface area contributed by atoms with Gasteiger partial charge in [-0.1, -0.05) is 58.0 Å². The van der Waals surface area contributed by atoms with Crippen LogP contribution >= 0.6 is 0 Å². The Labute approximate surface area is 345 Å². The number of rotatable bonds is 22. The van der Waals surface area contributed by atoms with Gasteiger partial charge in [-0.05, 0) is 139 Å². The average molecular weight is 799 g/mol. The number of hydrogen-bond acceptors (Lipinski definition) is 11. The molecule has 11 nitrogen and oxygen atoms in total. The van der Waals surface area contributed by atoms with Crippen molar-refractivity contribution in [3.05, 3.63) is 144 Å². The summed E-state index contributed by atoms with van der Waals surface area (Å²) in [4.78, 5) is 47.9. The zero-order valence-corrected chi connectivity index (χ0v) is 33.8. The van der Waals surface area contributed by atoms with Gasteiger partial charge in [-0.25, -0.2) is 14.4 Å². The quantitative estimate of drug-likeness (QED) is 0.0190. The van der Waals surface area contributed by atoms with Gasteiger partial charge in [-0.2, -0.15) is 10.2 Å². The first-order valence-corrected chi connectivity index (χ1v) is 19.7. The fourth-order valence-corrected chi connectivity index (χ4v) is 5.30. The van der Waals surface area contributed by atoms with Gasteiger partial charge >= 0.3 is 23.9 Å². The third-order valence-corrected chi connectivity index (χ3v) is 8.54. The highest BCUT2D eigenvalue weighted by molar-refractivity contribution is 6.03. The maximum absolute atomic E-state index is 12.5. The minimum Gasteiger partial charge on any atom is -0.494 e. The molecule has 0 radical (unpaired) electrons. The zero-order valence-electron chi connectivity index (χ0n) is 33.8. The predicted octanol–water partition coefficient (Wildman–Crippen LogP) is 9.92. The smallest absolute Gasteiger partial charge is 0.336 e. The number of nitrogens with zero attached hydrogens (tertiary/aromatic N) is 2. The van der Waals surface area contributed by atoms with Gasteiger partial charge in [0.15, 0.2) is 0 Å². The number of hydrogen-bond donors (Lipinski definition) is 0. The van der Waals surface area contributed by atoms with Crippen molar-refractivity contribution in [3.8, 4) is 23.0 Å². The Balaban J connectivity index is 1.25. The Morgan fingerprint density at radius 2 is 0.983 bits per heavy atom. The molecule has 0 fully saturated rings. The van der Waals surface area contributed by atoms with Crippen LogP contribution in [0.15, 0.2) is 132 Å². The Kier molecular flexibility index (Phi) is 18.8. The highest BCUT2D eigenvalue weighted by Gasteiger charge is 2.09. The summed E-state index contributed by atoms with van der Waals surface area (Å²) in [6.45, 7) is 10.2. The molecule has 0 N–H and O–H groups in total. The molecule has 0 aliphatic heterocycles. The highest BCUT2D eigenvalue weighted by Crippen LogP contribution is 2.19. The summed E-state index contributed by atoms with van der Waals surface area (Å²) in [5, 5.41) is 9.10. The van der Waals surface area contributed by atoms with Gasteiger partial charge in [0, 0.05) is 24.6 Å². The summed E-state index contributed by atoms with van der Waals surface area (Å²) in [6, 6.07) is 28.4. The minimum absolute atomic E-state index is 0.264. The number of esters is 4. The molecule has 0 aromatic heterocycles. The molecule has 0 saturated heterocycles. The van der Waals surface area contributed by atoms with E-state index < -0.39 is 17.9 Å². The fourth-order valence-electron chi connectivity index (χ4n) is 5.30. The molecule has 4 aromatic rings. The van der Waals surface area contributed by atoms with Crippen LogP contribution in [0.5, 0.6) is 23.0 Å².